The molecule has 2 aliphatic rings. The lowest BCUT2D eigenvalue weighted by Gasteiger charge is -2.20. The van der Waals surface area contributed by atoms with Gasteiger partial charge >= 0.3 is 0 Å². The molecule has 2 saturated carbocycles. The van der Waals surface area contributed by atoms with Gasteiger partial charge < -0.3 is 5.32 Å². The van der Waals surface area contributed by atoms with Gasteiger partial charge in [-0.1, -0.05) is 0 Å². The highest BCUT2D eigenvalue weighted by Gasteiger charge is 2.42. The third kappa shape index (κ3) is 2.06. The summed E-state index contributed by atoms with van der Waals surface area (Å²) >= 11 is 0. The molecular formula is C13H13F4N. The topological polar surface area (TPSA) is 12.0 Å². The van der Waals surface area contributed by atoms with E-state index in [0.717, 1.165) is 25.7 Å². The molecule has 5 heteroatoms. The first-order valence-electron chi connectivity index (χ1n) is 6.17. The van der Waals surface area contributed by atoms with Crippen molar-refractivity contribution in [1.29, 1.82) is 0 Å². The molecule has 0 aromatic heterocycles. The Balaban J connectivity index is 1.90. The Labute approximate surface area is 102 Å². The van der Waals surface area contributed by atoms with E-state index in [2.05, 4.69) is 5.32 Å². The molecule has 2 fully saturated rings. The summed E-state index contributed by atoms with van der Waals surface area (Å²) in [5, 5.41) is 2.69. The van der Waals surface area contributed by atoms with E-state index in [1.54, 1.807) is 0 Å². The molecule has 0 saturated heterocycles. The summed E-state index contributed by atoms with van der Waals surface area (Å²) in [6.45, 7) is 0. The minimum atomic E-state index is -1.36. The lowest BCUT2D eigenvalue weighted by atomic mass is 10.1. The fourth-order valence-electron chi connectivity index (χ4n) is 2.40. The van der Waals surface area contributed by atoms with Crippen LogP contribution >= 0.6 is 0 Å². The van der Waals surface area contributed by atoms with Gasteiger partial charge in [-0.2, -0.15) is 0 Å². The average Bonchev–Trinajstić information content (AvgIpc) is 3.18. The van der Waals surface area contributed by atoms with E-state index in [0.29, 0.717) is 11.8 Å². The second-order valence-corrected chi connectivity index (χ2v) is 5.19. The monoisotopic (exact) mass is 259 g/mol. The molecule has 0 radical (unpaired) electrons. The Morgan fingerprint density at radius 1 is 0.889 bits per heavy atom. The standard InChI is InChI=1S/C13H13F4N/c14-8-5-9(15)11(17)13(10(8)16)18-12(6-1-2-6)7-3-4-7/h5-7,12,18H,1-4H2. The maximum atomic E-state index is 13.5. The van der Waals surface area contributed by atoms with Crippen LogP contribution in [0.3, 0.4) is 0 Å². The molecule has 0 amide bonds. The van der Waals surface area contributed by atoms with E-state index in [4.69, 9.17) is 0 Å². The maximum Gasteiger partial charge on any atom is 0.185 e. The van der Waals surface area contributed by atoms with E-state index < -0.39 is 29.0 Å². The van der Waals surface area contributed by atoms with Gasteiger partial charge in [0.1, 0.15) is 5.69 Å². The summed E-state index contributed by atoms with van der Waals surface area (Å²) in [5.41, 5.74) is -0.656. The smallest absolute Gasteiger partial charge is 0.185 e. The van der Waals surface area contributed by atoms with Crippen LogP contribution in [-0.2, 0) is 0 Å². The third-order valence-electron chi connectivity index (χ3n) is 3.68. The highest BCUT2D eigenvalue weighted by molar-refractivity contribution is 5.48. The maximum absolute atomic E-state index is 13.5. The van der Waals surface area contributed by atoms with Gasteiger partial charge in [0.05, 0.1) is 0 Å². The van der Waals surface area contributed by atoms with Gasteiger partial charge in [0.2, 0.25) is 0 Å². The van der Waals surface area contributed by atoms with Crippen LogP contribution in [0, 0.1) is 35.1 Å². The molecule has 1 aromatic carbocycles. The van der Waals surface area contributed by atoms with Crippen molar-refractivity contribution >= 4 is 5.69 Å². The number of nitrogens with one attached hydrogen (secondary N) is 1. The van der Waals surface area contributed by atoms with Gasteiger partial charge in [-0.15, -0.1) is 0 Å². The largest absolute Gasteiger partial charge is 0.377 e. The molecule has 1 aromatic rings. The van der Waals surface area contributed by atoms with Crippen molar-refractivity contribution in [2.75, 3.05) is 5.32 Å². The van der Waals surface area contributed by atoms with Crippen molar-refractivity contribution in [2.45, 2.75) is 31.7 Å². The lowest BCUT2D eigenvalue weighted by molar-refractivity contribution is 0.452. The van der Waals surface area contributed by atoms with Gasteiger partial charge in [-0.3, -0.25) is 0 Å². The molecule has 1 N–H and O–H groups in total. The Bertz CT molecular complexity index is 442. The summed E-state index contributed by atoms with van der Waals surface area (Å²) in [5.74, 6) is -4.63. The highest BCUT2D eigenvalue weighted by Crippen LogP contribution is 2.46. The van der Waals surface area contributed by atoms with Crippen molar-refractivity contribution in [2.24, 2.45) is 11.8 Å². The zero-order valence-electron chi connectivity index (χ0n) is 9.65. The first-order valence-corrected chi connectivity index (χ1v) is 6.17. The van der Waals surface area contributed by atoms with Gasteiger partial charge in [-0.05, 0) is 37.5 Å². The van der Waals surface area contributed by atoms with Gasteiger partial charge in [0, 0.05) is 12.1 Å². The van der Waals surface area contributed by atoms with Crippen LogP contribution in [0.5, 0.6) is 0 Å². The molecule has 18 heavy (non-hydrogen) atoms. The summed E-state index contributed by atoms with van der Waals surface area (Å²) in [7, 11) is 0. The Kier molecular flexibility index (Phi) is 2.72. The quantitative estimate of drug-likeness (QED) is 0.640. The molecule has 0 atom stereocenters. The molecule has 1 nitrogen and oxygen atoms in total. The van der Waals surface area contributed by atoms with Gasteiger partial charge in [0.15, 0.2) is 23.3 Å². The van der Waals surface area contributed by atoms with Crippen LogP contribution in [0.1, 0.15) is 25.7 Å². The summed E-state index contributed by atoms with van der Waals surface area (Å²) < 4.78 is 53.2. The predicted octanol–water partition coefficient (Wildman–Crippen LogP) is 3.84. The number of hydrogen-bond acceptors (Lipinski definition) is 1. The van der Waals surface area contributed by atoms with Gasteiger partial charge in [-0.25, -0.2) is 17.6 Å². The number of halogens is 4. The fourth-order valence-corrected chi connectivity index (χ4v) is 2.40. The van der Waals surface area contributed by atoms with Crippen LogP contribution in [0.25, 0.3) is 0 Å². The van der Waals surface area contributed by atoms with Gasteiger partial charge in [0.25, 0.3) is 0 Å². The van der Waals surface area contributed by atoms with E-state index in [1.165, 1.54) is 0 Å². The fraction of sp³-hybridized carbons (Fsp3) is 0.538. The lowest BCUT2D eigenvalue weighted by Crippen LogP contribution is -2.26. The Hall–Kier alpha value is -1.26. The van der Waals surface area contributed by atoms with E-state index >= 15 is 0 Å². The third-order valence-corrected chi connectivity index (χ3v) is 3.68. The van der Waals surface area contributed by atoms with Crippen LogP contribution in [0.2, 0.25) is 0 Å². The molecule has 2 aliphatic carbocycles. The second-order valence-electron chi connectivity index (χ2n) is 5.19. The molecule has 0 spiro atoms. The summed E-state index contributed by atoms with van der Waals surface area (Å²) in [4.78, 5) is 0. The molecule has 3 rings (SSSR count). The molecular weight excluding hydrogens is 246 g/mol. The molecule has 98 valence electrons. The molecule has 0 heterocycles. The van der Waals surface area contributed by atoms with Crippen LogP contribution in [0.15, 0.2) is 6.07 Å². The highest BCUT2D eigenvalue weighted by atomic mass is 19.2. The molecule has 0 unspecified atom stereocenters. The first kappa shape index (κ1) is 11.8. The Morgan fingerprint density at radius 2 is 1.33 bits per heavy atom. The average molecular weight is 259 g/mol. The van der Waals surface area contributed by atoms with E-state index in [-0.39, 0.29) is 12.1 Å². The summed E-state index contributed by atoms with van der Waals surface area (Å²) in [6, 6.07) is 0.175. The number of benzene rings is 1. The zero-order chi connectivity index (χ0) is 12.9. The van der Waals surface area contributed by atoms with E-state index in [9.17, 15) is 17.6 Å². The normalized spacial score (nSPS) is 19.4. The van der Waals surface area contributed by atoms with Crippen molar-refractivity contribution < 1.29 is 17.6 Å². The van der Waals surface area contributed by atoms with Crippen molar-refractivity contribution in [1.82, 2.24) is 0 Å². The summed E-state index contributed by atoms with van der Waals surface area (Å²) in [6.07, 6.45) is 4.04. The van der Waals surface area contributed by atoms with Crippen molar-refractivity contribution in [3.05, 3.63) is 29.3 Å². The van der Waals surface area contributed by atoms with Crippen LogP contribution < -0.4 is 5.32 Å². The number of rotatable bonds is 4. The first-order chi connectivity index (χ1) is 8.58. The minimum Gasteiger partial charge on any atom is -0.377 e. The predicted molar refractivity (Wildman–Crippen MR) is 59.1 cm³/mol. The zero-order valence-corrected chi connectivity index (χ0v) is 9.65. The minimum absolute atomic E-state index is 0.0600. The number of anilines is 1. The Morgan fingerprint density at radius 3 is 1.72 bits per heavy atom. The van der Waals surface area contributed by atoms with Crippen LogP contribution in [-0.4, -0.2) is 6.04 Å². The van der Waals surface area contributed by atoms with E-state index in [1.807, 2.05) is 0 Å². The van der Waals surface area contributed by atoms with Crippen molar-refractivity contribution in [3.63, 3.8) is 0 Å². The molecule has 0 bridgehead atoms. The number of hydrogen-bond donors (Lipinski definition) is 1. The SMILES string of the molecule is Fc1cc(F)c(F)c(NC(C2CC2)C2CC2)c1F. The second kappa shape index (κ2) is 4.14. The molecule has 0 aliphatic heterocycles. The van der Waals surface area contributed by atoms with Crippen molar-refractivity contribution in [3.8, 4) is 0 Å². The van der Waals surface area contributed by atoms with Crippen LogP contribution in [0.4, 0.5) is 23.2 Å².